The Morgan fingerprint density at radius 3 is 2.45 bits per heavy atom. The van der Waals surface area contributed by atoms with Crippen LogP contribution in [0.3, 0.4) is 0 Å². The van der Waals surface area contributed by atoms with Crippen LogP contribution in [-0.4, -0.2) is 54.2 Å². The molecule has 2 aliphatic heterocycles. The summed E-state index contributed by atoms with van der Waals surface area (Å²) in [5.41, 5.74) is 0.338. The molecular weight excluding hydrogens is 500 g/mol. The molecule has 7 nitrogen and oxygen atoms in total. The van der Waals surface area contributed by atoms with Gasteiger partial charge in [0.2, 0.25) is 11.8 Å². The zero-order chi connectivity index (χ0) is 26.9. The van der Waals surface area contributed by atoms with Crippen molar-refractivity contribution < 1.29 is 23.9 Å². The number of carbonyl (C=O) groups is 3. The van der Waals surface area contributed by atoms with Gasteiger partial charge in [-0.2, -0.15) is 0 Å². The highest BCUT2D eigenvalue weighted by molar-refractivity contribution is 8.00. The first-order valence-electron chi connectivity index (χ1n) is 13.5. The van der Waals surface area contributed by atoms with E-state index in [9.17, 15) is 14.4 Å². The van der Waals surface area contributed by atoms with E-state index in [4.69, 9.17) is 9.47 Å². The van der Waals surface area contributed by atoms with Crippen LogP contribution in [0.5, 0.6) is 5.75 Å². The Labute approximate surface area is 228 Å². The maximum Gasteiger partial charge on any atom is 0.327 e. The predicted octanol–water partition coefficient (Wildman–Crippen LogP) is 4.54. The maximum absolute atomic E-state index is 13.7. The minimum Gasteiger partial charge on any atom is -0.496 e. The summed E-state index contributed by atoms with van der Waals surface area (Å²) < 4.78 is 11.1. The first-order chi connectivity index (χ1) is 18.4. The number of likely N-dealkylation sites (tertiary alicyclic amines) is 1. The monoisotopic (exact) mass is 536 g/mol. The summed E-state index contributed by atoms with van der Waals surface area (Å²) in [6.07, 6.45) is 6.46. The zero-order valence-corrected chi connectivity index (χ0v) is 23.1. The Bertz CT molecular complexity index is 1200. The van der Waals surface area contributed by atoms with Gasteiger partial charge in [-0.05, 0) is 43.0 Å². The van der Waals surface area contributed by atoms with Crippen LogP contribution in [0.15, 0.2) is 53.4 Å². The van der Waals surface area contributed by atoms with E-state index >= 15 is 0 Å². The molecule has 5 rings (SSSR count). The predicted molar refractivity (Wildman–Crippen MR) is 146 cm³/mol. The van der Waals surface area contributed by atoms with Gasteiger partial charge < -0.3 is 9.47 Å². The number of ether oxygens (including phenoxy) is 2. The van der Waals surface area contributed by atoms with Crippen LogP contribution in [-0.2, 0) is 25.5 Å². The van der Waals surface area contributed by atoms with Crippen molar-refractivity contribution in [1.29, 1.82) is 0 Å². The van der Waals surface area contributed by atoms with Gasteiger partial charge in [-0.1, -0.05) is 55.7 Å². The van der Waals surface area contributed by atoms with Crippen molar-refractivity contribution >= 4 is 29.5 Å². The molecule has 1 saturated carbocycles. The Morgan fingerprint density at radius 1 is 1.05 bits per heavy atom. The number of fused-ring (bicyclic) bond motifs is 1. The molecule has 2 amide bonds. The number of nitrogens with one attached hydrogen (secondary N) is 1. The summed E-state index contributed by atoms with van der Waals surface area (Å²) in [6, 6.07) is 15.0. The smallest absolute Gasteiger partial charge is 0.327 e. The van der Waals surface area contributed by atoms with Crippen molar-refractivity contribution in [1.82, 2.24) is 10.2 Å². The third-order valence-electron chi connectivity index (χ3n) is 8.33. The number of carbonyl (C=O) groups excluding carboxylic acids is 3. The topological polar surface area (TPSA) is 84.9 Å². The fraction of sp³-hybridized carbons (Fsp3) is 0.500. The molecule has 0 spiro atoms. The highest BCUT2D eigenvalue weighted by Crippen LogP contribution is 2.51. The molecule has 2 saturated heterocycles. The summed E-state index contributed by atoms with van der Waals surface area (Å²) in [5.74, 6) is -1.94. The molecule has 1 aliphatic carbocycles. The van der Waals surface area contributed by atoms with Crippen LogP contribution >= 0.6 is 11.8 Å². The normalized spacial score (nSPS) is 27.4. The van der Waals surface area contributed by atoms with E-state index < -0.39 is 29.4 Å². The number of esters is 1. The summed E-state index contributed by atoms with van der Waals surface area (Å²) in [4.78, 5) is 43.2. The van der Waals surface area contributed by atoms with E-state index in [1.807, 2.05) is 54.2 Å². The van der Waals surface area contributed by atoms with Crippen LogP contribution < -0.4 is 10.1 Å². The Kier molecular flexibility index (Phi) is 7.82. The van der Waals surface area contributed by atoms with E-state index in [0.717, 1.165) is 21.8 Å². The van der Waals surface area contributed by atoms with Crippen molar-refractivity contribution in [3.05, 3.63) is 59.7 Å². The van der Waals surface area contributed by atoms with Gasteiger partial charge in [0.25, 0.3) is 0 Å². The second-order valence-corrected chi connectivity index (χ2v) is 11.8. The number of benzene rings is 2. The van der Waals surface area contributed by atoms with Crippen LogP contribution in [0.4, 0.5) is 0 Å². The number of amides is 2. The van der Waals surface area contributed by atoms with Gasteiger partial charge in [0.05, 0.1) is 26.1 Å². The van der Waals surface area contributed by atoms with Gasteiger partial charge in [0.15, 0.2) is 0 Å². The number of hydrogen-bond acceptors (Lipinski definition) is 7. The largest absolute Gasteiger partial charge is 0.496 e. The van der Waals surface area contributed by atoms with Crippen molar-refractivity contribution in [3.8, 4) is 5.75 Å². The van der Waals surface area contributed by atoms with Crippen molar-refractivity contribution in [2.75, 3.05) is 20.8 Å². The molecule has 0 aromatic heterocycles. The van der Waals surface area contributed by atoms with Crippen molar-refractivity contribution in [2.24, 2.45) is 11.8 Å². The van der Waals surface area contributed by atoms with E-state index in [1.165, 1.54) is 44.1 Å². The Balaban J connectivity index is 1.55. The molecule has 0 radical (unpaired) electrons. The number of methoxy groups -OCH3 is 2. The minimum atomic E-state index is -1.37. The molecule has 8 heteroatoms. The van der Waals surface area contributed by atoms with Gasteiger partial charge in [-0.3, -0.25) is 24.6 Å². The number of imide groups is 1. The number of hydrogen-bond donors (Lipinski definition) is 1. The van der Waals surface area contributed by atoms with Crippen LogP contribution in [0.1, 0.15) is 56.2 Å². The fourth-order valence-electron chi connectivity index (χ4n) is 6.52. The van der Waals surface area contributed by atoms with Crippen molar-refractivity contribution in [3.63, 3.8) is 0 Å². The second-order valence-electron chi connectivity index (χ2n) is 10.5. The van der Waals surface area contributed by atoms with Gasteiger partial charge in [-0.25, -0.2) is 0 Å². The van der Waals surface area contributed by atoms with Crippen LogP contribution in [0.25, 0.3) is 0 Å². The summed E-state index contributed by atoms with van der Waals surface area (Å²) >= 11 is 1.85. The van der Waals surface area contributed by atoms with Gasteiger partial charge in [0, 0.05) is 29.2 Å². The number of nitrogens with zero attached hydrogens (tertiary/aromatic N) is 1. The molecule has 202 valence electrons. The standard InChI is InChI=1S/C30H36N2O5S/c1-4-32-27(33)24-25(28(32)34)30(29(35)37-3,18-19-11-7-5-8-12-19)31-26(24)20-15-16-23(22(17-20)36-2)38-21-13-9-6-10-14-21/h5,7-8,11-12,15-17,21,24-26,31H,4,6,9-10,13-14,18H2,1-3H3/t24?,25?,26?,30-/m1/s1. The lowest BCUT2D eigenvalue weighted by Gasteiger charge is -2.32. The first kappa shape index (κ1) is 26.8. The molecule has 2 aromatic carbocycles. The molecule has 2 heterocycles. The molecule has 2 aromatic rings. The molecule has 38 heavy (non-hydrogen) atoms. The number of rotatable bonds is 8. The quantitative estimate of drug-likeness (QED) is 0.392. The SMILES string of the molecule is CCN1C(=O)C2C(c3ccc(SC4CCCCC4)c(OC)c3)N[C@@](Cc3ccccc3)(C(=O)OC)C2C1=O. The van der Waals surface area contributed by atoms with E-state index in [1.54, 1.807) is 14.0 Å². The summed E-state index contributed by atoms with van der Waals surface area (Å²) in [5, 5.41) is 4.05. The van der Waals surface area contributed by atoms with E-state index in [0.29, 0.717) is 5.25 Å². The molecule has 3 unspecified atom stereocenters. The average molecular weight is 537 g/mol. The third-order valence-corrected chi connectivity index (χ3v) is 9.73. The molecular formula is C30H36N2O5S. The summed E-state index contributed by atoms with van der Waals surface area (Å²) in [7, 11) is 2.99. The lowest BCUT2D eigenvalue weighted by molar-refractivity contribution is -0.154. The maximum atomic E-state index is 13.7. The van der Waals surface area contributed by atoms with Gasteiger partial charge in [0.1, 0.15) is 11.3 Å². The first-order valence-corrected chi connectivity index (χ1v) is 14.4. The zero-order valence-electron chi connectivity index (χ0n) is 22.3. The Morgan fingerprint density at radius 2 is 1.79 bits per heavy atom. The third kappa shape index (κ3) is 4.62. The molecule has 3 aliphatic rings. The van der Waals surface area contributed by atoms with E-state index in [-0.39, 0.29) is 24.8 Å². The Hall–Kier alpha value is -2.84. The van der Waals surface area contributed by atoms with E-state index in [2.05, 4.69) is 11.4 Å². The molecule has 0 bridgehead atoms. The number of thioether (sulfide) groups is 1. The molecule has 3 fully saturated rings. The molecule has 4 atom stereocenters. The van der Waals surface area contributed by atoms with Gasteiger partial charge >= 0.3 is 5.97 Å². The second kappa shape index (κ2) is 11.1. The lowest BCUT2D eigenvalue weighted by Crippen LogP contribution is -2.57. The summed E-state index contributed by atoms with van der Waals surface area (Å²) in [6.45, 7) is 2.05. The highest BCUT2D eigenvalue weighted by atomic mass is 32.2. The lowest BCUT2D eigenvalue weighted by atomic mass is 9.76. The van der Waals surface area contributed by atoms with Crippen LogP contribution in [0.2, 0.25) is 0 Å². The van der Waals surface area contributed by atoms with Crippen molar-refractivity contribution in [2.45, 2.75) is 67.2 Å². The average Bonchev–Trinajstić information content (AvgIpc) is 3.42. The van der Waals surface area contributed by atoms with Crippen LogP contribution in [0, 0.1) is 11.8 Å². The fourth-order valence-corrected chi connectivity index (χ4v) is 7.85. The minimum absolute atomic E-state index is 0.238. The van der Waals surface area contributed by atoms with Gasteiger partial charge in [-0.15, -0.1) is 11.8 Å². The molecule has 1 N–H and O–H groups in total. The highest BCUT2D eigenvalue weighted by Gasteiger charge is 2.68.